The summed E-state index contributed by atoms with van der Waals surface area (Å²) in [6.07, 6.45) is 4.27. The first-order chi connectivity index (χ1) is 13.7. The number of hydrogen-bond acceptors (Lipinski definition) is 5. The third-order valence-corrected chi connectivity index (χ3v) is 5.78. The zero-order chi connectivity index (χ0) is 19.1. The first-order valence-electron chi connectivity index (χ1n) is 9.66. The molecule has 0 radical (unpaired) electrons. The minimum absolute atomic E-state index is 0.0374. The van der Waals surface area contributed by atoms with Crippen molar-refractivity contribution in [3.8, 4) is 5.69 Å². The van der Waals surface area contributed by atoms with Crippen LogP contribution in [0.3, 0.4) is 0 Å². The standard InChI is InChI=1S/C21H22N6O/c1-15-5-4-8-20(24-15)26-13-16-9-12-25(14-19(16)26)21(28)17-6-2-3-7-18(17)27-22-10-11-23-27/h2-8,10-11,16,19H,9,12-14H2,1H3/t16-,19-/m0/s1. The summed E-state index contributed by atoms with van der Waals surface area (Å²) in [7, 11) is 0. The number of likely N-dealkylation sites (tertiary alicyclic amines) is 1. The number of aryl methyl sites for hydroxylation is 1. The Labute approximate surface area is 163 Å². The summed E-state index contributed by atoms with van der Waals surface area (Å²) in [6.45, 7) is 4.55. The molecule has 2 saturated heterocycles. The molecule has 2 fully saturated rings. The molecule has 4 heterocycles. The first kappa shape index (κ1) is 16.9. The van der Waals surface area contributed by atoms with Crippen LogP contribution in [0.1, 0.15) is 22.5 Å². The lowest BCUT2D eigenvalue weighted by Crippen LogP contribution is -2.65. The van der Waals surface area contributed by atoms with Gasteiger partial charge in [-0.05, 0) is 37.6 Å². The van der Waals surface area contributed by atoms with Gasteiger partial charge in [0.25, 0.3) is 5.91 Å². The summed E-state index contributed by atoms with van der Waals surface area (Å²) in [6, 6.07) is 14.0. The van der Waals surface area contributed by atoms with E-state index in [2.05, 4.69) is 26.1 Å². The molecular weight excluding hydrogens is 352 g/mol. The quantitative estimate of drug-likeness (QED) is 0.704. The van der Waals surface area contributed by atoms with E-state index in [0.29, 0.717) is 23.2 Å². The predicted octanol–water partition coefficient (Wildman–Crippen LogP) is 2.32. The number of carbonyl (C=O) groups excluding carboxylic acids is 1. The van der Waals surface area contributed by atoms with Crippen molar-refractivity contribution >= 4 is 11.7 Å². The number of nitrogens with zero attached hydrogens (tertiary/aromatic N) is 6. The average Bonchev–Trinajstić information content (AvgIpc) is 3.23. The van der Waals surface area contributed by atoms with Crippen LogP contribution in [-0.2, 0) is 0 Å². The number of carbonyl (C=O) groups is 1. The number of para-hydroxylation sites is 1. The molecule has 0 aliphatic carbocycles. The summed E-state index contributed by atoms with van der Waals surface area (Å²) in [5.74, 6) is 1.68. The van der Waals surface area contributed by atoms with Gasteiger partial charge in [0.15, 0.2) is 0 Å². The Hall–Kier alpha value is -3.22. The van der Waals surface area contributed by atoms with Gasteiger partial charge in [-0.3, -0.25) is 4.79 Å². The van der Waals surface area contributed by atoms with Crippen molar-refractivity contribution < 1.29 is 4.79 Å². The average molecular weight is 374 g/mol. The number of fused-ring (bicyclic) bond motifs is 1. The van der Waals surface area contributed by atoms with Crippen molar-refractivity contribution in [2.45, 2.75) is 19.4 Å². The number of pyridine rings is 1. The largest absolute Gasteiger partial charge is 0.351 e. The van der Waals surface area contributed by atoms with E-state index in [4.69, 9.17) is 0 Å². The fourth-order valence-electron chi connectivity index (χ4n) is 4.27. The Morgan fingerprint density at radius 3 is 2.68 bits per heavy atom. The van der Waals surface area contributed by atoms with Gasteiger partial charge in [-0.1, -0.05) is 18.2 Å². The number of amides is 1. The summed E-state index contributed by atoms with van der Waals surface area (Å²) < 4.78 is 0. The second-order valence-corrected chi connectivity index (χ2v) is 7.49. The van der Waals surface area contributed by atoms with Crippen LogP contribution in [-0.4, -0.2) is 56.5 Å². The van der Waals surface area contributed by atoms with Crippen LogP contribution < -0.4 is 4.90 Å². The fourth-order valence-corrected chi connectivity index (χ4v) is 4.27. The lowest BCUT2D eigenvalue weighted by atomic mass is 9.82. The molecular formula is C21H22N6O. The van der Waals surface area contributed by atoms with Crippen molar-refractivity contribution in [2.75, 3.05) is 24.5 Å². The Morgan fingerprint density at radius 1 is 1.04 bits per heavy atom. The summed E-state index contributed by atoms with van der Waals surface area (Å²) >= 11 is 0. The second kappa shape index (κ2) is 6.74. The number of benzene rings is 1. The molecule has 0 unspecified atom stereocenters. The zero-order valence-electron chi connectivity index (χ0n) is 15.8. The van der Waals surface area contributed by atoms with Gasteiger partial charge in [0, 0.05) is 31.2 Å². The van der Waals surface area contributed by atoms with E-state index < -0.39 is 0 Å². The molecule has 1 amide bonds. The van der Waals surface area contributed by atoms with Gasteiger partial charge in [0.1, 0.15) is 5.82 Å². The lowest BCUT2D eigenvalue weighted by Gasteiger charge is -2.54. The van der Waals surface area contributed by atoms with Gasteiger partial charge in [0.2, 0.25) is 0 Å². The van der Waals surface area contributed by atoms with Gasteiger partial charge >= 0.3 is 0 Å². The number of rotatable bonds is 3. The molecule has 0 saturated carbocycles. The second-order valence-electron chi connectivity index (χ2n) is 7.49. The van der Waals surface area contributed by atoms with Crippen LogP contribution >= 0.6 is 0 Å². The molecule has 2 atom stereocenters. The summed E-state index contributed by atoms with van der Waals surface area (Å²) in [5, 5.41) is 8.38. The number of hydrogen-bond donors (Lipinski definition) is 0. The number of aromatic nitrogens is 4. The molecule has 28 heavy (non-hydrogen) atoms. The van der Waals surface area contributed by atoms with Gasteiger partial charge in [-0.2, -0.15) is 15.0 Å². The van der Waals surface area contributed by atoms with Crippen molar-refractivity contribution in [3.05, 3.63) is 66.1 Å². The molecule has 2 aromatic heterocycles. The molecule has 3 aromatic rings. The van der Waals surface area contributed by atoms with E-state index in [1.807, 2.05) is 48.2 Å². The fraction of sp³-hybridized carbons (Fsp3) is 0.333. The van der Waals surface area contributed by atoms with E-state index >= 15 is 0 Å². The molecule has 5 rings (SSSR count). The lowest BCUT2D eigenvalue weighted by molar-refractivity contribution is 0.0591. The molecule has 1 aromatic carbocycles. The highest BCUT2D eigenvalue weighted by atomic mass is 16.2. The van der Waals surface area contributed by atoms with Crippen LogP contribution in [0.2, 0.25) is 0 Å². The molecule has 2 aliphatic rings. The predicted molar refractivity (Wildman–Crippen MR) is 105 cm³/mol. The molecule has 7 nitrogen and oxygen atoms in total. The minimum Gasteiger partial charge on any atom is -0.351 e. The first-order valence-corrected chi connectivity index (χ1v) is 9.66. The van der Waals surface area contributed by atoms with Crippen molar-refractivity contribution in [1.29, 1.82) is 0 Å². The van der Waals surface area contributed by atoms with E-state index in [-0.39, 0.29) is 5.91 Å². The molecule has 2 aliphatic heterocycles. The monoisotopic (exact) mass is 374 g/mol. The van der Waals surface area contributed by atoms with E-state index in [0.717, 1.165) is 37.6 Å². The number of anilines is 1. The topological polar surface area (TPSA) is 67.2 Å². The Bertz CT molecular complexity index is 1000. The smallest absolute Gasteiger partial charge is 0.256 e. The van der Waals surface area contributed by atoms with Crippen molar-refractivity contribution in [1.82, 2.24) is 24.9 Å². The molecule has 142 valence electrons. The van der Waals surface area contributed by atoms with Crippen molar-refractivity contribution in [3.63, 3.8) is 0 Å². The third kappa shape index (κ3) is 2.83. The third-order valence-electron chi connectivity index (χ3n) is 5.78. The van der Waals surface area contributed by atoms with Crippen LogP contribution in [0.25, 0.3) is 5.69 Å². The Kier molecular flexibility index (Phi) is 4.07. The van der Waals surface area contributed by atoms with Gasteiger partial charge < -0.3 is 9.80 Å². The summed E-state index contributed by atoms with van der Waals surface area (Å²) in [4.78, 5) is 23.8. The van der Waals surface area contributed by atoms with Crippen molar-refractivity contribution in [2.24, 2.45) is 5.92 Å². The van der Waals surface area contributed by atoms with Crippen LogP contribution in [0.4, 0.5) is 5.82 Å². The number of piperidine rings is 1. The molecule has 7 heteroatoms. The van der Waals surface area contributed by atoms with Crippen LogP contribution in [0.5, 0.6) is 0 Å². The SMILES string of the molecule is Cc1cccc(N2C[C@@H]3CCN(C(=O)c4ccccc4-n4nccn4)C[C@@H]32)n1. The van der Waals surface area contributed by atoms with Gasteiger partial charge in [0.05, 0.1) is 29.7 Å². The zero-order valence-corrected chi connectivity index (χ0v) is 15.8. The van der Waals surface area contributed by atoms with Gasteiger partial charge in [-0.25, -0.2) is 4.98 Å². The van der Waals surface area contributed by atoms with E-state index in [1.165, 1.54) is 4.80 Å². The normalized spacial score (nSPS) is 21.2. The van der Waals surface area contributed by atoms with E-state index in [9.17, 15) is 4.79 Å². The minimum atomic E-state index is 0.0374. The Balaban J connectivity index is 1.38. The molecule has 0 spiro atoms. The Morgan fingerprint density at radius 2 is 1.86 bits per heavy atom. The highest BCUT2D eigenvalue weighted by Crippen LogP contribution is 2.36. The molecule has 0 bridgehead atoms. The van der Waals surface area contributed by atoms with Gasteiger partial charge in [-0.15, -0.1) is 0 Å². The molecule has 0 N–H and O–H groups in total. The highest BCUT2D eigenvalue weighted by molar-refractivity contribution is 5.97. The maximum atomic E-state index is 13.3. The van der Waals surface area contributed by atoms with Crippen LogP contribution in [0, 0.1) is 12.8 Å². The van der Waals surface area contributed by atoms with E-state index in [1.54, 1.807) is 12.4 Å². The summed E-state index contributed by atoms with van der Waals surface area (Å²) in [5.41, 5.74) is 2.37. The maximum absolute atomic E-state index is 13.3. The highest BCUT2D eigenvalue weighted by Gasteiger charge is 2.44. The van der Waals surface area contributed by atoms with Crippen LogP contribution in [0.15, 0.2) is 54.9 Å². The maximum Gasteiger partial charge on any atom is 0.256 e.